The van der Waals surface area contributed by atoms with Gasteiger partial charge in [0.05, 0.1) is 0 Å². The molecule has 0 aliphatic rings. The molecule has 1 unspecified atom stereocenters. The molecule has 2 aromatic carbocycles. The molecule has 0 bridgehead atoms. The van der Waals surface area contributed by atoms with Gasteiger partial charge in [0.1, 0.15) is 5.75 Å². The normalized spacial score (nSPS) is 11.5. The smallest absolute Gasteiger partial charge is 0.279 e. The van der Waals surface area contributed by atoms with Crippen LogP contribution in [0, 0.1) is 13.8 Å². The zero-order chi connectivity index (χ0) is 17.5. The van der Waals surface area contributed by atoms with Crippen LogP contribution in [0.25, 0.3) is 0 Å². The van der Waals surface area contributed by atoms with E-state index in [1.54, 1.807) is 12.1 Å². The maximum atomic E-state index is 12.2. The number of hydrazine groups is 1. The third-order valence-electron chi connectivity index (χ3n) is 3.58. The highest BCUT2D eigenvalue weighted by Gasteiger charge is 2.19. The summed E-state index contributed by atoms with van der Waals surface area (Å²) < 4.78 is 5.67. The van der Waals surface area contributed by atoms with Crippen LogP contribution in [-0.2, 0) is 4.79 Å². The largest absolute Gasteiger partial charge is 0.481 e. The first-order chi connectivity index (χ1) is 11.5. The van der Waals surface area contributed by atoms with Crippen LogP contribution >= 0.6 is 0 Å². The minimum Gasteiger partial charge on any atom is -0.481 e. The second-order valence-electron chi connectivity index (χ2n) is 5.64. The molecule has 2 rings (SSSR count). The summed E-state index contributed by atoms with van der Waals surface area (Å²) in [6, 6.07) is 14.6. The third kappa shape index (κ3) is 4.84. The third-order valence-corrected chi connectivity index (χ3v) is 3.58. The Morgan fingerprint density at radius 1 is 0.917 bits per heavy atom. The van der Waals surface area contributed by atoms with E-state index in [4.69, 9.17) is 4.74 Å². The van der Waals surface area contributed by atoms with Crippen molar-refractivity contribution in [3.63, 3.8) is 0 Å². The van der Waals surface area contributed by atoms with Crippen LogP contribution < -0.4 is 15.6 Å². The lowest BCUT2D eigenvalue weighted by Gasteiger charge is -2.17. The second kappa shape index (κ2) is 8.15. The number of benzene rings is 2. The Morgan fingerprint density at radius 3 is 2.00 bits per heavy atom. The zero-order valence-electron chi connectivity index (χ0n) is 14.1. The highest BCUT2D eigenvalue weighted by atomic mass is 16.5. The summed E-state index contributed by atoms with van der Waals surface area (Å²) in [5, 5.41) is 0. The lowest BCUT2D eigenvalue weighted by atomic mass is 10.1. The first-order valence-electron chi connectivity index (χ1n) is 7.89. The van der Waals surface area contributed by atoms with Gasteiger partial charge in [-0.1, -0.05) is 42.3 Å². The number of aryl methyl sites for hydroxylation is 2. The average Bonchev–Trinajstić information content (AvgIpc) is 2.59. The molecule has 1 atom stereocenters. The van der Waals surface area contributed by atoms with Crippen LogP contribution in [0.4, 0.5) is 0 Å². The SMILES string of the molecule is CCC(Oc1ccc(C)cc1)C(=O)NNC(=O)c1ccc(C)cc1. The van der Waals surface area contributed by atoms with Crippen LogP contribution in [0.5, 0.6) is 5.75 Å². The van der Waals surface area contributed by atoms with E-state index in [1.165, 1.54) is 0 Å². The maximum Gasteiger partial charge on any atom is 0.279 e. The fourth-order valence-corrected chi connectivity index (χ4v) is 2.08. The van der Waals surface area contributed by atoms with Gasteiger partial charge in [-0.3, -0.25) is 20.4 Å². The number of nitrogens with one attached hydrogen (secondary N) is 2. The van der Waals surface area contributed by atoms with E-state index in [1.807, 2.05) is 57.2 Å². The van der Waals surface area contributed by atoms with Crippen molar-refractivity contribution in [2.75, 3.05) is 0 Å². The van der Waals surface area contributed by atoms with Crippen molar-refractivity contribution < 1.29 is 14.3 Å². The number of amides is 2. The van der Waals surface area contributed by atoms with E-state index in [0.29, 0.717) is 17.7 Å². The Balaban J connectivity index is 1.90. The van der Waals surface area contributed by atoms with Crippen LogP contribution in [0.2, 0.25) is 0 Å². The molecule has 0 fully saturated rings. The molecule has 0 aliphatic carbocycles. The molecule has 0 aliphatic heterocycles. The van der Waals surface area contributed by atoms with E-state index < -0.39 is 12.0 Å². The van der Waals surface area contributed by atoms with Crippen molar-refractivity contribution in [1.82, 2.24) is 10.9 Å². The molecule has 126 valence electrons. The fourth-order valence-electron chi connectivity index (χ4n) is 2.08. The van der Waals surface area contributed by atoms with E-state index in [2.05, 4.69) is 10.9 Å². The van der Waals surface area contributed by atoms with Gasteiger partial charge in [0.25, 0.3) is 11.8 Å². The average molecular weight is 326 g/mol. The summed E-state index contributed by atoms with van der Waals surface area (Å²) in [5.41, 5.74) is 7.48. The molecule has 0 saturated heterocycles. The summed E-state index contributed by atoms with van der Waals surface area (Å²) in [5.74, 6) is -0.139. The molecule has 0 aromatic heterocycles. The molecule has 24 heavy (non-hydrogen) atoms. The van der Waals surface area contributed by atoms with Crippen LogP contribution in [0.15, 0.2) is 48.5 Å². The molecule has 0 radical (unpaired) electrons. The zero-order valence-corrected chi connectivity index (χ0v) is 14.1. The molecular weight excluding hydrogens is 304 g/mol. The van der Waals surface area contributed by atoms with E-state index in [-0.39, 0.29) is 5.91 Å². The number of ether oxygens (including phenoxy) is 1. The Labute approximate surface area is 142 Å². The van der Waals surface area contributed by atoms with Gasteiger partial charge in [-0.15, -0.1) is 0 Å². The molecule has 0 spiro atoms. The van der Waals surface area contributed by atoms with Gasteiger partial charge < -0.3 is 4.74 Å². The lowest BCUT2D eigenvalue weighted by Crippen LogP contribution is -2.47. The first-order valence-corrected chi connectivity index (χ1v) is 7.89. The quantitative estimate of drug-likeness (QED) is 0.830. The summed E-state index contributed by atoms with van der Waals surface area (Å²) in [7, 11) is 0. The van der Waals surface area contributed by atoms with Crippen molar-refractivity contribution in [1.29, 1.82) is 0 Å². The predicted octanol–water partition coefficient (Wildman–Crippen LogP) is 2.92. The Hall–Kier alpha value is -2.82. The molecule has 5 nitrogen and oxygen atoms in total. The standard InChI is InChI=1S/C19H22N2O3/c1-4-17(24-16-11-7-14(3)8-12-16)19(23)21-20-18(22)15-9-5-13(2)6-10-15/h5-12,17H,4H2,1-3H3,(H,20,22)(H,21,23). The lowest BCUT2D eigenvalue weighted by molar-refractivity contribution is -0.128. The van der Waals surface area contributed by atoms with E-state index in [9.17, 15) is 9.59 Å². The van der Waals surface area contributed by atoms with Crippen molar-refractivity contribution in [3.8, 4) is 5.75 Å². The minimum atomic E-state index is -0.675. The molecule has 5 heteroatoms. The second-order valence-corrected chi connectivity index (χ2v) is 5.64. The monoisotopic (exact) mass is 326 g/mol. The van der Waals surface area contributed by atoms with Crippen molar-refractivity contribution in [2.45, 2.75) is 33.3 Å². The van der Waals surface area contributed by atoms with Gasteiger partial charge in [0, 0.05) is 5.56 Å². The minimum absolute atomic E-state index is 0.367. The summed E-state index contributed by atoms with van der Waals surface area (Å²) >= 11 is 0. The molecule has 0 heterocycles. The van der Waals surface area contributed by atoms with Gasteiger partial charge in [-0.25, -0.2) is 0 Å². The van der Waals surface area contributed by atoms with Gasteiger partial charge in [0.15, 0.2) is 6.10 Å². The van der Waals surface area contributed by atoms with Crippen molar-refractivity contribution in [2.24, 2.45) is 0 Å². The summed E-state index contributed by atoms with van der Waals surface area (Å²) in [6.07, 6.45) is -0.189. The maximum absolute atomic E-state index is 12.2. The number of rotatable bonds is 5. The van der Waals surface area contributed by atoms with Crippen LogP contribution in [-0.4, -0.2) is 17.9 Å². The van der Waals surface area contributed by atoms with Gasteiger partial charge in [0.2, 0.25) is 0 Å². The number of hydrogen-bond acceptors (Lipinski definition) is 3. The van der Waals surface area contributed by atoms with Gasteiger partial charge in [-0.05, 0) is 44.5 Å². The Bertz CT molecular complexity index is 694. The number of carbonyl (C=O) groups is 2. The number of hydrogen-bond donors (Lipinski definition) is 2. The predicted molar refractivity (Wildman–Crippen MR) is 92.7 cm³/mol. The first kappa shape index (κ1) is 17.5. The molecular formula is C19H22N2O3. The van der Waals surface area contributed by atoms with Crippen LogP contribution in [0.1, 0.15) is 34.8 Å². The van der Waals surface area contributed by atoms with Gasteiger partial charge >= 0.3 is 0 Å². The van der Waals surface area contributed by atoms with E-state index in [0.717, 1.165) is 11.1 Å². The molecule has 2 N–H and O–H groups in total. The van der Waals surface area contributed by atoms with Crippen molar-refractivity contribution >= 4 is 11.8 Å². The Kier molecular flexibility index (Phi) is 5.95. The molecule has 2 aromatic rings. The summed E-state index contributed by atoms with van der Waals surface area (Å²) in [6.45, 7) is 5.77. The topological polar surface area (TPSA) is 67.4 Å². The van der Waals surface area contributed by atoms with Crippen LogP contribution in [0.3, 0.4) is 0 Å². The number of carbonyl (C=O) groups excluding carboxylic acids is 2. The highest BCUT2D eigenvalue weighted by Crippen LogP contribution is 2.14. The summed E-state index contributed by atoms with van der Waals surface area (Å²) in [4.78, 5) is 24.2. The van der Waals surface area contributed by atoms with Gasteiger partial charge in [-0.2, -0.15) is 0 Å². The molecule has 2 amide bonds. The van der Waals surface area contributed by atoms with E-state index >= 15 is 0 Å². The Morgan fingerprint density at radius 2 is 1.46 bits per heavy atom. The molecule has 0 saturated carbocycles. The highest BCUT2D eigenvalue weighted by molar-refractivity contribution is 5.95. The fraction of sp³-hybridized carbons (Fsp3) is 0.263. The van der Waals surface area contributed by atoms with Crippen molar-refractivity contribution in [3.05, 3.63) is 65.2 Å².